The smallest absolute Gasteiger partial charge is 0.326 e. The van der Waals surface area contributed by atoms with Gasteiger partial charge in [0, 0.05) is 42.8 Å². The van der Waals surface area contributed by atoms with E-state index in [-0.39, 0.29) is 17.6 Å². The number of nitrogens with zero attached hydrogens (tertiary/aromatic N) is 5. The number of piperazine rings is 1. The molecule has 266 valence electrons. The Balaban J connectivity index is 1.48. The van der Waals surface area contributed by atoms with Crippen LogP contribution in [0.2, 0.25) is 10.0 Å². The highest BCUT2D eigenvalue weighted by molar-refractivity contribution is 6.30. The van der Waals surface area contributed by atoms with Gasteiger partial charge in [-0.15, -0.1) is 0 Å². The summed E-state index contributed by atoms with van der Waals surface area (Å²) >= 11 is 12.8. The monoisotopic (exact) mass is 717 g/mol. The predicted octanol–water partition coefficient (Wildman–Crippen LogP) is 7.94. The summed E-state index contributed by atoms with van der Waals surface area (Å²) in [5.74, 6) is 1.25. The van der Waals surface area contributed by atoms with E-state index in [0.717, 1.165) is 61.0 Å². The minimum Gasteiger partial charge on any atom is -0.493 e. The lowest BCUT2D eigenvalue weighted by Crippen LogP contribution is -2.62. The third-order valence-corrected chi connectivity index (χ3v) is 11.5. The van der Waals surface area contributed by atoms with Crippen LogP contribution in [0.5, 0.6) is 5.75 Å². The number of ether oxygens (including phenoxy) is 1. The zero-order valence-corrected chi connectivity index (χ0v) is 31.6. The lowest BCUT2D eigenvalue weighted by molar-refractivity contribution is -0.110. The van der Waals surface area contributed by atoms with Crippen LogP contribution in [0.4, 0.5) is 4.79 Å². The van der Waals surface area contributed by atoms with E-state index in [9.17, 15) is 4.79 Å². The van der Waals surface area contributed by atoms with Gasteiger partial charge in [-0.1, -0.05) is 74.3 Å². The Morgan fingerprint density at radius 3 is 2.12 bits per heavy atom. The summed E-state index contributed by atoms with van der Waals surface area (Å²) in [6.07, 6.45) is 3.32. The second-order valence-corrected chi connectivity index (χ2v) is 15.8. The van der Waals surface area contributed by atoms with E-state index in [1.165, 1.54) is 0 Å². The third-order valence-electron chi connectivity index (χ3n) is 11.0. The second kappa shape index (κ2) is 14.3. The van der Waals surface area contributed by atoms with E-state index in [1.807, 2.05) is 65.3 Å². The summed E-state index contributed by atoms with van der Waals surface area (Å²) in [7, 11) is 0. The lowest BCUT2D eigenvalue weighted by atomic mass is 9.71. The van der Waals surface area contributed by atoms with Crippen molar-refractivity contribution in [1.29, 1.82) is 0 Å². The van der Waals surface area contributed by atoms with Crippen LogP contribution in [0.1, 0.15) is 76.6 Å². The number of amidine groups is 1. The number of aliphatic imine (C=N–C) groups is 1. The molecular weight excluding hydrogens is 669 g/mol. The van der Waals surface area contributed by atoms with Crippen LogP contribution in [0.15, 0.2) is 71.7 Å². The number of likely N-dealkylation sites (tertiary alicyclic amines) is 1. The van der Waals surface area contributed by atoms with Crippen molar-refractivity contribution in [1.82, 2.24) is 19.6 Å². The molecule has 10 heteroatoms. The molecule has 1 unspecified atom stereocenters. The Morgan fingerprint density at radius 2 is 1.54 bits per heavy atom. The average molecular weight is 719 g/mol. The molecular formula is C40H49Cl2N5O3. The first kappa shape index (κ1) is 36.4. The molecule has 0 aromatic heterocycles. The number of hydrogen-bond acceptors (Lipinski definition) is 6. The molecule has 3 aromatic rings. The van der Waals surface area contributed by atoms with Gasteiger partial charge in [-0.3, -0.25) is 19.7 Å². The molecule has 0 saturated carbocycles. The Kier molecular flexibility index (Phi) is 10.4. The normalized spacial score (nSPS) is 24.8. The number of hydrogen-bond donors (Lipinski definition) is 0. The predicted molar refractivity (Wildman–Crippen MR) is 201 cm³/mol. The molecule has 2 fully saturated rings. The van der Waals surface area contributed by atoms with Crippen molar-refractivity contribution in [3.8, 4) is 5.75 Å². The summed E-state index contributed by atoms with van der Waals surface area (Å²) in [6, 6.07) is 21.7. The molecule has 2 saturated heterocycles. The number of amides is 2. The van der Waals surface area contributed by atoms with E-state index in [1.54, 1.807) is 0 Å². The molecule has 6 rings (SSSR count). The molecule has 8 nitrogen and oxygen atoms in total. The summed E-state index contributed by atoms with van der Waals surface area (Å²) in [4.78, 5) is 40.8. The molecule has 2 amide bonds. The van der Waals surface area contributed by atoms with Gasteiger partial charge >= 0.3 is 6.03 Å². The molecule has 3 aromatic carbocycles. The molecule has 0 bridgehead atoms. The molecule has 50 heavy (non-hydrogen) atoms. The molecule has 3 aliphatic rings. The fourth-order valence-electron chi connectivity index (χ4n) is 7.90. The standard InChI is InChI=1S/C40H49Cl2N5O3/c1-7-50-34-27-30(38(2,3)4)14-19-33(34)36-43-39(5,28-10-15-31(41)16-11-28)40(6,29-12-17-32(42)18-13-29)47(36)37(49)46-23-21-45(22-24-46)35-9-8-20-44(35)25-26-48/h10-19,26-27,35H,7-9,20-25H2,1-6H3/t35?,39-,40+/m0/s1. The van der Waals surface area contributed by atoms with Gasteiger partial charge in [-0.05, 0) is 92.1 Å². The Morgan fingerprint density at radius 1 is 0.920 bits per heavy atom. The Bertz CT molecular complexity index is 1730. The van der Waals surface area contributed by atoms with Gasteiger partial charge in [0.1, 0.15) is 28.9 Å². The maximum absolute atomic E-state index is 15.3. The zero-order valence-electron chi connectivity index (χ0n) is 30.1. The van der Waals surface area contributed by atoms with Crippen LogP contribution >= 0.6 is 23.2 Å². The maximum atomic E-state index is 15.3. The fourth-order valence-corrected chi connectivity index (χ4v) is 8.15. The van der Waals surface area contributed by atoms with Gasteiger partial charge in [0.2, 0.25) is 0 Å². The first-order valence-corrected chi connectivity index (χ1v) is 18.5. The SMILES string of the molecule is CCOc1cc(C(C)(C)C)ccc1C1=N[C@@](C)(c2ccc(Cl)cc2)[C@@](C)(c2ccc(Cl)cc2)N1C(=O)N1CCN(C2CCCN2CC=O)CC1. The van der Waals surface area contributed by atoms with Crippen molar-refractivity contribution in [3.05, 3.63) is 99.0 Å². The molecule has 0 spiro atoms. The lowest BCUT2D eigenvalue weighted by Gasteiger charge is -2.48. The van der Waals surface area contributed by atoms with Crippen molar-refractivity contribution >= 4 is 41.4 Å². The number of urea groups is 1. The molecule has 0 radical (unpaired) electrons. The van der Waals surface area contributed by atoms with Gasteiger partial charge in [-0.25, -0.2) is 4.79 Å². The van der Waals surface area contributed by atoms with Gasteiger partial charge in [-0.2, -0.15) is 0 Å². The van der Waals surface area contributed by atoms with Crippen molar-refractivity contribution in [2.24, 2.45) is 4.99 Å². The minimum atomic E-state index is -0.979. The number of benzene rings is 3. The average Bonchev–Trinajstić information content (AvgIpc) is 3.65. The van der Waals surface area contributed by atoms with Crippen LogP contribution in [0.25, 0.3) is 0 Å². The van der Waals surface area contributed by atoms with Crippen LogP contribution in [-0.4, -0.2) is 89.8 Å². The highest BCUT2D eigenvalue weighted by Gasteiger charge is 2.60. The van der Waals surface area contributed by atoms with Gasteiger partial charge in [0.15, 0.2) is 0 Å². The number of aldehydes is 1. The molecule has 3 aliphatic heterocycles. The quantitative estimate of drug-likeness (QED) is 0.222. The molecule has 0 aliphatic carbocycles. The van der Waals surface area contributed by atoms with E-state index in [2.05, 4.69) is 62.6 Å². The maximum Gasteiger partial charge on any atom is 0.326 e. The van der Waals surface area contributed by atoms with E-state index >= 15 is 4.79 Å². The van der Waals surface area contributed by atoms with Crippen LogP contribution in [0, 0.1) is 0 Å². The van der Waals surface area contributed by atoms with E-state index in [0.29, 0.717) is 47.9 Å². The summed E-state index contributed by atoms with van der Waals surface area (Å²) in [6.45, 7) is 17.1. The number of halogens is 2. The Hall–Kier alpha value is -3.43. The van der Waals surface area contributed by atoms with Crippen molar-refractivity contribution in [2.45, 2.75) is 77.0 Å². The van der Waals surface area contributed by atoms with E-state index < -0.39 is 11.1 Å². The number of rotatable bonds is 8. The topological polar surface area (TPSA) is 68.7 Å². The van der Waals surface area contributed by atoms with Crippen molar-refractivity contribution in [2.75, 3.05) is 45.9 Å². The summed E-state index contributed by atoms with van der Waals surface area (Å²) in [5, 5.41) is 1.24. The first-order valence-electron chi connectivity index (χ1n) is 17.7. The number of carbonyl (C=O) groups is 2. The molecule has 0 N–H and O–H groups in total. The van der Waals surface area contributed by atoms with Crippen LogP contribution in [-0.2, 0) is 21.3 Å². The molecule has 3 heterocycles. The molecule has 3 atom stereocenters. The minimum absolute atomic E-state index is 0.104. The fraction of sp³-hybridized carbons (Fsp3) is 0.475. The zero-order chi connectivity index (χ0) is 35.8. The second-order valence-electron chi connectivity index (χ2n) is 14.9. The van der Waals surface area contributed by atoms with E-state index in [4.69, 9.17) is 32.9 Å². The van der Waals surface area contributed by atoms with Gasteiger partial charge in [0.25, 0.3) is 0 Å². The van der Waals surface area contributed by atoms with Crippen LogP contribution < -0.4 is 4.74 Å². The van der Waals surface area contributed by atoms with Crippen LogP contribution in [0.3, 0.4) is 0 Å². The first-order chi connectivity index (χ1) is 23.8. The van der Waals surface area contributed by atoms with Crippen molar-refractivity contribution in [3.63, 3.8) is 0 Å². The van der Waals surface area contributed by atoms with Gasteiger partial charge < -0.3 is 14.4 Å². The van der Waals surface area contributed by atoms with Gasteiger partial charge in [0.05, 0.1) is 24.9 Å². The largest absolute Gasteiger partial charge is 0.493 e. The highest BCUT2D eigenvalue weighted by atomic mass is 35.5. The summed E-state index contributed by atoms with van der Waals surface area (Å²) < 4.78 is 6.34. The Labute approximate surface area is 307 Å². The third kappa shape index (κ3) is 6.56. The van der Waals surface area contributed by atoms with Crippen molar-refractivity contribution < 1.29 is 14.3 Å². The summed E-state index contributed by atoms with van der Waals surface area (Å²) in [5.41, 5.74) is 1.72. The highest BCUT2D eigenvalue weighted by Crippen LogP contribution is 2.54. The number of carbonyl (C=O) groups excluding carboxylic acids is 2.